The van der Waals surface area contributed by atoms with Crippen molar-refractivity contribution in [3.8, 4) is 0 Å². The minimum absolute atomic E-state index is 0.260. The summed E-state index contributed by atoms with van der Waals surface area (Å²) in [7, 11) is 0. The van der Waals surface area contributed by atoms with Gasteiger partial charge in [0.15, 0.2) is 0 Å². The van der Waals surface area contributed by atoms with E-state index in [2.05, 4.69) is 10.2 Å². The van der Waals surface area contributed by atoms with Gasteiger partial charge < -0.3 is 20.4 Å². The Morgan fingerprint density at radius 3 is 2.00 bits per heavy atom. The van der Waals surface area contributed by atoms with Gasteiger partial charge in [0.2, 0.25) is 0 Å². The predicted octanol–water partition coefficient (Wildman–Crippen LogP) is 0.195. The van der Waals surface area contributed by atoms with E-state index >= 15 is 0 Å². The molecule has 0 spiro atoms. The smallest absolute Gasteiger partial charge is 0.0443 e. The van der Waals surface area contributed by atoms with Crippen LogP contribution in [0.2, 0.25) is 0 Å². The van der Waals surface area contributed by atoms with Crippen molar-refractivity contribution in [2.45, 2.75) is 38.1 Å². The van der Waals surface area contributed by atoms with Crippen molar-refractivity contribution in [1.82, 2.24) is 10.2 Å². The van der Waals surface area contributed by atoms with Crippen LogP contribution in [0.25, 0.3) is 0 Å². The van der Waals surface area contributed by atoms with Crippen LogP contribution < -0.4 is 5.32 Å². The van der Waals surface area contributed by atoms with Gasteiger partial charge in [0.05, 0.1) is 0 Å². The molecule has 0 bridgehead atoms. The maximum Gasteiger partial charge on any atom is 0.0443 e. The molecular weight excluding hydrogens is 204 g/mol. The SMILES string of the molecule is OCCCN(CCCO)CCCNC1CC1. The van der Waals surface area contributed by atoms with Crippen LogP contribution in [0.1, 0.15) is 32.1 Å². The molecule has 4 nitrogen and oxygen atoms in total. The molecule has 0 aromatic rings. The van der Waals surface area contributed by atoms with Crippen molar-refractivity contribution >= 4 is 0 Å². The Kier molecular flexibility index (Phi) is 7.76. The molecule has 0 amide bonds. The second kappa shape index (κ2) is 8.93. The number of aliphatic hydroxyl groups excluding tert-OH is 2. The first kappa shape index (κ1) is 13.9. The highest BCUT2D eigenvalue weighted by Crippen LogP contribution is 2.18. The molecule has 16 heavy (non-hydrogen) atoms. The second-order valence-corrected chi connectivity index (χ2v) is 4.58. The van der Waals surface area contributed by atoms with Gasteiger partial charge in [0.1, 0.15) is 0 Å². The van der Waals surface area contributed by atoms with E-state index in [0.717, 1.165) is 51.5 Å². The lowest BCUT2D eigenvalue weighted by atomic mass is 10.3. The van der Waals surface area contributed by atoms with Gasteiger partial charge in [-0.2, -0.15) is 0 Å². The fourth-order valence-corrected chi connectivity index (χ4v) is 1.82. The number of rotatable bonds is 11. The number of nitrogens with one attached hydrogen (secondary N) is 1. The van der Waals surface area contributed by atoms with Crippen LogP contribution in [0.5, 0.6) is 0 Å². The van der Waals surface area contributed by atoms with E-state index in [9.17, 15) is 0 Å². The molecule has 0 radical (unpaired) electrons. The molecule has 0 atom stereocenters. The molecule has 1 aliphatic carbocycles. The topological polar surface area (TPSA) is 55.7 Å². The Bertz CT molecular complexity index is 155. The van der Waals surface area contributed by atoms with Gasteiger partial charge in [-0.15, -0.1) is 0 Å². The minimum Gasteiger partial charge on any atom is -0.396 e. The molecule has 1 fully saturated rings. The summed E-state index contributed by atoms with van der Waals surface area (Å²) in [6, 6.07) is 0.795. The van der Waals surface area contributed by atoms with Gasteiger partial charge in [-0.3, -0.25) is 0 Å². The number of hydrogen-bond donors (Lipinski definition) is 3. The maximum absolute atomic E-state index is 8.80. The molecule has 0 aromatic heterocycles. The third-order valence-corrected chi connectivity index (χ3v) is 2.93. The monoisotopic (exact) mass is 230 g/mol. The number of aliphatic hydroxyl groups is 2. The van der Waals surface area contributed by atoms with E-state index in [1.165, 1.54) is 12.8 Å². The summed E-state index contributed by atoms with van der Waals surface area (Å²) >= 11 is 0. The summed E-state index contributed by atoms with van der Waals surface area (Å²) in [4.78, 5) is 2.33. The summed E-state index contributed by atoms with van der Waals surface area (Å²) in [6.45, 7) is 4.57. The summed E-state index contributed by atoms with van der Waals surface area (Å²) in [6.07, 6.45) is 5.52. The molecule has 1 aliphatic rings. The van der Waals surface area contributed by atoms with Gasteiger partial charge in [-0.25, -0.2) is 0 Å². The highest BCUT2D eigenvalue weighted by molar-refractivity contribution is 4.80. The van der Waals surface area contributed by atoms with E-state index in [-0.39, 0.29) is 13.2 Å². The molecule has 0 aromatic carbocycles. The average Bonchev–Trinajstić information content (AvgIpc) is 3.11. The van der Waals surface area contributed by atoms with E-state index in [4.69, 9.17) is 10.2 Å². The average molecular weight is 230 g/mol. The van der Waals surface area contributed by atoms with Crippen molar-refractivity contribution in [2.24, 2.45) is 0 Å². The van der Waals surface area contributed by atoms with E-state index < -0.39 is 0 Å². The molecule has 96 valence electrons. The fourth-order valence-electron chi connectivity index (χ4n) is 1.82. The van der Waals surface area contributed by atoms with Crippen molar-refractivity contribution in [1.29, 1.82) is 0 Å². The molecule has 3 N–H and O–H groups in total. The molecule has 1 rings (SSSR count). The predicted molar refractivity (Wildman–Crippen MR) is 65.5 cm³/mol. The lowest BCUT2D eigenvalue weighted by Gasteiger charge is -2.21. The van der Waals surface area contributed by atoms with Crippen molar-refractivity contribution in [3.05, 3.63) is 0 Å². The van der Waals surface area contributed by atoms with Crippen molar-refractivity contribution in [3.63, 3.8) is 0 Å². The van der Waals surface area contributed by atoms with Gasteiger partial charge in [-0.1, -0.05) is 0 Å². The lowest BCUT2D eigenvalue weighted by Crippen LogP contribution is -2.30. The first-order valence-corrected chi connectivity index (χ1v) is 6.54. The zero-order valence-electron chi connectivity index (χ0n) is 10.2. The normalized spacial score (nSPS) is 15.9. The molecule has 0 unspecified atom stereocenters. The largest absolute Gasteiger partial charge is 0.396 e. The van der Waals surface area contributed by atoms with Crippen LogP contribution in [-0.2, 0) is 0 Å². The van der Waals surface area contributed by atoms with Gasteiger partial charge in [0, 0.05) is 32.3 Å². The molecule has 0 aliphatic heterocycles. The molecule has 4 heteroatoms. The van der Waals surface area contributed by atoms with Crippen LogP contribution >= 0.6 is 0 Å². The zero-order chi connectivity index (χ0) is 11.6. The fraction of sp³-hybridized carbons (Fsp3) is 1.00. The maximum atomic E-state index is 8.80. The summed E-state index contributed by atoms with van der Waals surface area (Å²) in [5.74, 6) is 0. The zero-order valence-corrected chi connectivity index (χ0v) is 10.2. The van der Waals surface area contributed by atoms with Crippen molar-refractivity contribution < 1.29 is 10.2 Å². The highest BCUT2D eigenvalue weighted by Gasteiger charge is 2.19. The van der Waals surface area contributed by atoms with Crippen LogP contribution in [0, 0.1) is 0 Å². The Balaban J connectivity index is 1.99. The van der Waals surface area contributed by atoms with E-state index in [0.29, 0.717) is 0 Å². The third-order valence-electron chi connectivity index (χ3n) is 2.93. The van der Waals surface area contributed by atoms with Crippen LogP contribution in [0.3, 0.4) is 0 Å². The first-order chi connectivity index (χ1) is 7.86. The number of hydrogen-bond acceptors (Lipinski definition) is 4. The Morgan fingerprint density at radius 1 is 0.938 bits per heavy atom. The molecule has 0 heterocycles. The van der Waals surface area contributed by atoms with Crippen molar-refractivity contribution in [2.75, 3.05) is 39.4 Å². The van der Waals surface area contributed by atoms with E-state index in [1.54, 1.807) is 0 Å². The van der Waals surface area contributed by atoms with E-state index in [1.807, 2.05) is 0 Å². The number of nitrogens with zero attached hydrogens (tertiary/aromatic N) is 1. The standard InChI is InChI=1S/C12H26N2O2/c15-10-2-8-14(9-3-11-16)7-1-6-13-12-4-5-12/h12-13,15-16H,1-11H2. The first-order valence-electron chi connectivity index (χ1n) is 6.54. The van der Waals surface area contributed by atoms with Gasteiger partial charge in [-0.05, 0) is 45.2 Å². The van der Waals surface area contributed by atoms with Crippen LogP contribution in [-0.4, -0.2) is 60.5 Å². The Morgan fingerprint density at radius 2 is 1.50 bits per heavy atom. The van der Waals surface area contributed by atoms with Gasteiger partial charge >= 0.3 is 0 Å². The third kappa shape index (κ3) is 7.17. The Labute approximate surface area is 98.6 Å². The summed E-state index contributed by atoms with van der Waals surface area (Å²) < 4.78 is 0. The van der Waals surface area contributed by atoms with Crippen LogP contribution in [0.15, 0.2) is 0 Å². The lowest BCUT2D eigenvalue weighted by molar-refractivity contribution is 0.200. The van der Waals surface area contributed by atoms with Crippen LogP contribution in [0.4, 0.5) is 0 Å². The molecule has 1 saturated carbocycles. The van der Waals surface area contributed by atoms with Gasteiger partial charge in [0.25, 0.3) is 0 Å². The summed E-state index contributed by atoms with van der Waals surface area (Å²) in [5.41, 5.74) is 0. The Hall–Kier alpha value is -0.160. The second-order valence-electron chi connectivity index (χ2n) is 4.58. The molecule has 0 saturated heterocycles. The highest BCUT2D eigenvalue weighted by atomic mass is 16.3. The minimum atomic E-state index is 0.260. The molecular formula is C12H26N2O2. The summed E-state index contributed by atoms with van der Waals surface area (Å²) in [5, 5.41) is 21.1. The quantitative estimate of drug-likeness (QED) is 0.444.